The van der Waals surface area contributed by atoms with Gasteiger partial charge in [-0.05, 0) is 12.1 Å². The van der Waals surface area contributed by atoms with Crippen LogP contribution in [0.4, 0.5) is 5.69 Å². The lowest BCUT2D eigenvalue weighted by Gasteiger charge is -2.04. The van der Waals surface area contributed by atoms with Gasteiger partial charge in [0.25, 0.3) is 5.56 Å². The normalized spacial score (nSPS) is 10.2. The van der Waals surface area contributed by atoms with Crippen molar-refractivity contribution in [2.75, 3.05) is 5.73 Å². The van der Waals surface area contributed by atoms with E-state index >= 15 is 0 Å². The van der Waals surface area contributed by atoms with E-state index in [0.717, 1.165) is 0 Å². The van der Waals surface area contributed by atoms with Gasteiger partial charge in [0, 0.05) is 24.1 Å². The summed E-state index contributed by atoms with van der Waals surface area (Å²) < 4.78 is 1.35. The molecule has 0 radical (unpaired) electrons. The van der Waals surface area contributed by atoms with E-state index < -0.39 is 11.2 Å². The molecule has 0 aliphatic heterocycles. The monoisotopic (exact) mass is 218 g/mol. The molecule has 2 heterocycles. The van der Waals surface area contributed by atoms with E-state index in [9.17, 15) is 9.59 Å². The maximum absolute atomic E-state index is 11.4. The number of anilines is 1. The van der Waals surface area contributed by atoms with Gasteiger partial charge in [-0.25, -0.2) is 4.79 Å². The number of hydrogen-bond acceptors (Lipinski definition) is 4. The largest absolute Gasteiger partial charge is 0.399 e. The van der Waals surface area contributed by atoms with Crippen LogP contribution in [0.3, 0.4) is 0 Å². The molecule has 0 atom stereocenters. The summed E-state index contributed by atoms with van der Waals surface area (Å²) >= 11 is 0. The predicted octanol–water partition coefficient (Wildman–Crippen LogP) is -0.438. The van der Waals surface area contributed by atoms with Gasteiger partial charge in [-0.1, -0.05) is 0 Å². The Morgan fingerprint density at radius 1 is 1.38 bits per heavy atom. The second-order valence-corrected chi connectivity index (χ2v) is 3.32. The highest BCUT2D eigenvalue weighted by atomic mass is 16.2. The molecule has 0 spiro atoms. The first-order valence-corrected chi connectivity index (χ1v) is 4.65. The second kappa shape index (κ2) is 4.01. The first-order chi connectivity index (χ1) is 7.65. The van der Waals surface area contributed by atoms with Crippen molar-refractivity contribution in [2.45, 2.75) is 6.54 Å². The van der Waals surface area contributed by atoms with Gasteiger partial charge in [0.1, 0.15) is 0 Å². The smallest absolute Gasteiger partial charge is 0.328 e. The molecule has 0 aliphatic carbocycles. The first-order valence-electron chi connectivity index (χ1n) is 4.65. The number of hydrogen-bond donors (Lipinski definition) is 2. The fourth-order valence-electron chi connectivity index (χ4n) is 1.33. The van der Waals surface area contributed by atoms with Crippen LogP contribution >= 0.6 is 0 Å². The molecule has 16 heavy (non-hydrogen) atoms. The Morgan fingerprint density at radius 3 is 2.88 bits per heavy atom. The first kappa shape index (κ1) is 10.2. The quantitative estimate of drug-likeness (QED) is 0.714. The number of nitrogens with zero attached hydrogens (tertiary/aromatic N) is 2. The summed E-state index contributed by atoms with van der Waals surface area (Å²) in [7, 11) is 0. The molecule has 2 aromatic heterocycles. The van der Waals surface area contributed by atoms with Crippen molar-refractivity contribution in [3.05, 3.63) is 57.1 Å². The number of pyridine rings is 1. The van der Waals surface area contributed by atoms with Gasteiger partial charge in [0.15, 0.2) is 0 Å². The molecule has 0 aliphatic rings. The highest BCUT2D eigenvalue weighted by molar-refractivity contribution is 5.37. The molecule has 6 nitrogen and oxygen atoms in total. The third kappa shape index (κ3) is 2.17. The summed E-state index contributed by atoms with van der Waals surface area (Å²) in [6.45, 7) is 0.278. The maximum atomic E-state index is 11.4. The molecule has 0 saturated carbocycles. The van der Waals surface area contributed by atoms with Crippen molar-refractivity contribution < 1.29 is 0 Å². The van der Waals surface area contributed by atoms with E-state index in [1.165, 1.54) is 16.8 Å². The zero-order chi connectivity index (χ0) is 11.5. The lowest BCUT2D eigenvalue weighted by Crippen LogP contribution is -2.29. The molecule has 6 heteroatoms. The molecule has 3 N–H and O–H groups in total. The number of aromatic nitrogens is 3. The van der Waals surface area contributed by atoms with Crippen LogP contribution in [-0.2, 0) is 6.54 Å². The topological polar surface area (TPSA) is 93.8 Å². The van der Waals surface area contributed by atoms with Gasteiger partial charge in [-0.2, -0.15) is 0 Å². The average Bonchev–Trinajstić information content (AvgIpc) is 2.22. The number of rotatable bonds is 2. The Labute approximate surface area is 90.4 Å². The van der Waals surface area contributed by atoms with Crippen LogP contribution in [0.25, 0.3) is 0 Å². The Kier molecular flexibility index (Phi) is 2.55. The van der Waals surface area contributed by atoms with Gasteiger partial charge in [0.05, 0.1) is 12.2 Å². The van der Waals surface area contributed by atoms with E-state index in [4.69, 9.17) is 5.73 Å². The number of nitrogens with one attached hydrogen (secondary N) is 1. The molecule has 0 saturated heterocycles. The lowest BCUT2D eigenvalue weighted by atomic mass is 10.3. The molecular weight excluding hydrogens is 208 g/mol. The van der Waals surface area contributed by atoms with Crippen LogP contribution in [0, 0.1) is 0 Å². The molecule has 2 aromatic rings. The molecular formula is C10H10N4O2. The third-order valence-corrected chi connectivity index (χ3v) is 2.07. The average molecular weight is 218 g/mol. The van der Waals surface area contributed by atoms with E-state index in [-0.39, 0.29) is 6.54 Å². The van der Waals surface area contributed by atoms with Gasteiger partial charge < -0.3 is 5.73 Å². The van der Waals surface area contributed by atoms with Gasteiger partial charge in [-0.3, -0.25) is 19.3 Å². The Bertz CT molecular complexity index is 614. The number of H-pyrrole nitrogens is 1. The van der Waals surface area contributed by atoms with E-state index in [1.807, 2.05) is 0 Å². The Hall–Kier alpha value is -2.37. The SMILES string of the molecule is Nc1ccnc(Cn2ccc(=O)[nH]c2=O)c1. The van der Waals surface area contributed by atoms with Crippen LogP contribution in [0.15, 0.2) is 40.2 Å². The maximum Gasteiger partial charge on any atom is 0.328 e. The van der Waals surface area contributed by atoms with Crippen molar-refractivity contribution in [2.24, 2.45) is 0 Å². The van der Waals surface area contributed by atoms with Crippen LogP contribution in [-0.4, -0.2) is 14.5 Å². The molecule has 0 aromatic carbocycles. The van der Waals surface area contributed by atoms with Gasteiger partial charge >= 0.3 is 5.69 Å². The van der Waals surface area contributed by atoms with E-state index in [1.54, 1.807) is 18.3 Å². The standard InChI is InChI=1S/C10H10N4O2/c11-7-1-3-12-8(5-7)6-14-4-2-9(15)13-10(14)16/h1-5H,6H2,(H2,11,12)(H,13,15,16). The molecule has 0 unspecified atom stereocenters. The van der Waals surface area contributed by atoms with Crippen LogP contribution in [0.2, 0.25) is 0 Å². The summed E-state index contributed by atoms with van der Waals surface area (Å²) in [4.78, 5) is 28.5. The number of nitrogens with two attached hydrogens (primary N) is 1. The minimum atomic E-state index is -0.461. The van der Waals surface area contributed by atoms with Crippen LogP contribution < -0.4 is 17.0 Å². The van der Waals surface area contributed by atoms with Crippen molar-refractivity contribution in [3.63, 3.8) is 0 Å². The fraction of sp³-hybridized carbons (Fsp3) is 0.100. The van der Waals surface area contributed by atoms with Crippen LogP contribution in [0.1, 0.15) is 5.69 Å². The summed E-state index contributed by atoms with van der Waals surface area (Å²) in [5.74, 6) is 0. The Morgan fingerprint density at radius 2 is 2.19 bits per heavy atom. The third-order valence-electron chi connectivity index (χ3n) is 2.07. The summed E-state index contributed by atoms with van der Waals surface area (Å²) in [6, 6.07) is 4.63. The Balaban J connectivity index is 2.34. The minimum absolute atomic E-state index is 0.278. The zero-order valence-corrected chi connectivity index (χ0v) is 8.38. The van der Waals surface area contributed by atoms with Crippen molar-refractivity contribution in [1.82, 2.24) is 14.5 Å². The summed E-state index contributed by atoms with van der Waals surface area (Å²) in [5, 5.41) is 0. The van der Waals surface area contributed by atoms with E-state index in [2.05, 4.69) is 9.97 Å². The van der Waals surface area contributed by atoms with Crippen molar-refractivity contribution in [3.8, 4) is 0 Å². The summed E-state index contributed by atoms with van der Waals surface area (Å²) in [6.07, 6.45) is 2.99. The highest BCUT2D eigenvalue weighted by Gasteiger charge is 1.99. The molecule has 2 rings (SSSR count). The predicted molar refractivity (Wildman–Crippen MR) is 59.1 cm³/mol. The van der Waals surface area contributed by atoms with Crippen molar-refractivity contribution in [1.29, 1.82) is 0 Å². The molecule has 0 amide bonds. The highest BCUT2D eigenvalue weighted by Crippen LogP contribution is 2.03. The van der Waals surface area contributed by atoms with Crippen molar-refractivity contribution >= 4 is 5.69 Å². The number of aromatic amines is 1. The minimum Gasteiger partial charge on any atom is -0.399 e. The molecule has 0 bridgehead atoms. The fourth-order valence-corrected chi connectivity index (χ4v) is 1.33. The second-order valence-electron chi connectivity index (χ2n) is 3.32. The zero-order valence-electron chi connectivity index (χ0n) is 8.38. The lowest BCUT2D eigenvalue weighted by molar-refractivity contribution is 0.705. The molecule has 82 valence electrons. The van der Waals surface area contributed by atoms with Gasteiger partial charge in [0.2, 0.25) is 0 Å². The van der Waals surface area contributed by atoms with E-state index in [0.29, 0.717) is 11.4 Å². The van der Waals surface area contributed by atoms with Gasteiger partial charge in [-0.15, -0.1) is 0 Å². The molecule has 0 fully saturated rings. The summed E-state index contributed by atoms with van der Waals surface area (Å²) in [5.41, 5.74) is 5.96. The van der Waals surface area contributed by atoms with Crippen LogP contribution in [0.5, 0.6) is 0 Å². The number of nitrogen functional groups attached to an aromatic ring is 1.